The number of fused-ring (bicyclic) bond motifs is 1. The van der Waals surface area contributed by atoms with E-state index in [0.29, 0.717) is 0 Å². The molecule has 0 unspecified atom stereocenters. The highest BCUT2D eigenvalue weighted by atomic mass is 19.1. The van der Waals surface area contributed by atoms with E-state index in [1.54, 1.807) is 24.5 Å². The highest BCUT2D eigenvalue weighted by Crippen LogP contribution is 2.37. The van der Waals surface area contributed by atoms with Crippen molar-refractivity contribution in [3.05, 3.63) is 66.7 Å². The summed E-state index contributed by atoms with van der Waals surface area (Å²) in [6.07, 6.45) is 3.53. The monoisotopic (exact) mass is 332 g/mol. The minimum absolute atomic E-state index is 0.252. The minimum Gasteiger partial charge on any atom is -0.370 e. The molecular weight excluding hydrogens is 315 g/mol. The predicted octanol–water partition coefficient (Wildman–Crippen LogP) is 4.86. The molecule has 3 heterocycles. The van der Waals surface area contributed by atoms with Gasteiger partial charge in [0.1, 0.15) is 17.3 Å². The summed E-state index contributed by atoms with van der Waals surface area (Å²) in [5.74, 6) is 0.570. The maximum absolute atomic E-state index is 13.3. The molecule has 0 atom stereocenters. The Kier molecular flexibility index (Phi) is 3.90. The van der Waals surface area contributed by atoms with Gasteiger partial charge < -0.3 is 10.3 Å². The predicted molar refractivity (Wildman–Crippen MR) is 98.9 cm³/mol. The molecule has 0 aliphatic carbocycles. The summed E-state index contributed by atoms with van der Waals surface area (Å²) in [5.41, 5.74) is 4.71. The number of nitrogens with zero attached hydrogens (tertiary/aromatic N) is 2. The van der Waals surface area contributed by atoms with Crippen LogP contribution in [0, 0.1) is 5.82 Å². The molecule has 0 aliphatic heterocycles. The second-order valence-electron chi connectivity index (χ2n) is 5.74. The highest BCUT2D eigenvalue weighted by molar-refractivity contribution is 6.02. The average molecular weight is 332 g/mol. The van der Waals surface area contributed by atoms with Crippen molar-refractivity contribution in [1.82, 2.24) is 15.0 Å². The van der Waals surface area contributed by atoms with E-state index in [1.165, 1.54) is 12.1 Å². The number of aromatic nitrogens is 3. The first-order valence-corrected chi connectivity index (χ1v) is 8.19. The molecule has 124 valence electrons. The summed E-state index contributed by atoms with van der Waals surface area (Å²) < 4.78 is 13.3. The van der Waals surface area contributed by atoms with Crippen LogP contribution in [-0.2, 0) is 0 Å². The van der Waals surface area contributed by atoms with Crippen LogP contribution in [0.2, 0.25) is 0 Å². The van der Waals surface area contributed by atoms with E-state index in [2.05, 4.69) is 26.3 Å². The topological polar surface area (TPSA) is 53.6 Å². The van der Waals surface area contributed by atoms with E-state index in [1.807, 2.05) is 25.1 Å². The molecule has 0 saturated carbocycles. The van der Waals surface area contributed by atoms with E-state index in [0.717, 1.165) is 45.8 Å². The van der Waals surface area contributed by atoms with Crippen molar-refractivity contribution in [3.8, 4) is 22.4 Å². The molecule has 0 radical (unpaired) electrons. The third-order valence-corrected chi connectivity index (χ3v) is 4.12. The van der Waals surface area contributed by atoms with Gasteiger partial charge in [0.2, 0.25) is 0 Å². The first-order chi connectivity index (χ1) is 12.3. The van der Waals surface area contributed by atoms with E-state index in [-0.39, 0.29) is 5.82 Å². The van der Waals surface area contributed by atoms with Crippen LogP contribution in [0.3, 0.4) is 0 Å². The Morgan fingerprint density at radius 1 is 0.960 bits per heavy atom. The molecule has 4 aromatic rings. The minimum atomic E-state index is -0.252. The Morgan fingerprint density at radius 3 is 2.44 bits per heavy atom. The largest absolute Gasteiger partial charge is 0.370 e. The van der Waals surface area contributed by atoms with Crippen molar-refractivity contribution in [2.45, 2.75) is 6.92 Å². The number of hydrogen-bond acceptors (Lipinski definition) is 3. The number of anilines is 1. The highest BCUT2D eigenvalue weighted by Gasteiger charge is 2.16. The summed E-state index contributed by atoms with van der Waals surface area (Å²) in [6.45, 7) is 2.84. The van der Waals surface area contributed by atoms with Gasteiger partial charge in [0.05, 0.1) is 5.69 Å². The molecule has 4 nitrogen and oxygen atoms in total. The smallest absolute Gasteiger partial charge is 0.140 e. The lowest BCUT2D eigenvalue weighted by Crippen LogP contribution is -1.98. The SMILES string of the molecule is CCNc1ccc2c(-c3ccncc3)c(-c3ccc(F)cc3)[nH]c2n1. The Bertz CT molecular complexity index is 1010. The van der Waals surface area contributed by atoms with Crippen LogP contribution >= 0.6 is 0 Å². The van der Waals surface area contributed by atoms with Crippen molar-refractivity contribution in [3.63, 3.8) is 0 Å². The molecule has 4 rings (SSSR count). The fourth-order valence-corrected chi connectivity index (χ4v) is 3.00. The zero-order valence-electron chi connectivity index (χ0n) is 13.8. The fourth-order valence-electron chi connectivity index (χ4n) is 3.00. The molecule has 0 amide bonds. The Balaban J connectivity index is 1.98. The lowest BCUT2D eigenvalue weighted by atomic mass is 10.00. The molecule has 1 aromatic carbocycles. The van der Waals surface area contributed by atoms with Gasteiger partial charge in [0.15, 0.2) is 0 Å². The lowest BCUT2D eigenvalue weighted by molar-refractivity contribution is 0.628. The first kappa shape index (κ1) is 15.3. The second kappa shape index (κ2) is 6.36. The van der Waals surface area contributed by atoms with Crippen LogP contribution in [0.25, 0.3) is 33.4 Å². The van der Waals surface area contributed by atoms with Gasteiger partial charge >= 0.3 is 0 Å². The van der Waals surface area contributed by atoms with Crippen LogP contribution in [-0.4, -0.2) is 21.5 Å². The number of pyridine rings is 2. The number of halogens is 1. The normalized spacial score (nSPS) is 11.0. The Hall–Kier alpha value is -3.21. The summed E-state index contributed by atoms with van der Waals surface area (Å²) in [4.78, 5) is 12.2. The maximum atomic E-state index is 13.3. The summed E-state index contributed by atoms with van der Waals surface area (Å²) >= 11 is 0. The number of H-pyrrole nitrogens is 1. The molecular formula is C20H17FN4. The van der Waals surface area contributed by atoms with Crippen molar-refractivity contribution in [2.24, 2.45) is 0 Å². The van der Waals surface area contributed by atoms with Gasteiger partial charge in [-0.3, -0.25) is 4.98 Å². The van der Waals surface area contributed by atoms with Crippen LogP contribution in [0.4, 0.5) is 10.2 Å². The zero-order valence-corrected chi connectivity index (χ0v) is 13.8. The van der Waals surface area contributed by atoms with E-state index >= 15 is 0 Å². The van der Waals surface area contributed by atoms with E-state index in [9.17, 15) is 4.39 Å². The molecule has 0 spiro atoms. The van der Waals surface area contributed by atoms with Gasteiger partial charge in [-0.25, -0.2) is 9.37 Å². The third kappa shape index (κ3) is 2.85. The summed E-state index contributed by atoms with van der Waals surface area (Å²) in [5, 5.41) is 4.25. The third-order valence-electron chi connectivity index (χ3n) is 4.12. The van der Waals surface area contributed by atoms with Gasteiger partial charge in [-0.2, -0.15) is 0 Å². The van der Waals surface area contributed by atoms with Crippen molar-refractivity contribution >= 4 is 16.9 Å². The summed E-state index contributed by atoms with van der Waals surface area (Å²) in [7, 11) is 0. The number of benzene rings is 1. The second-order valence-corrected chi connectivity index (χ2v) is 5.74. The Labute approximate surface area is 144 Å². The van der Waals surface area contributed by atoms with Crippen molar-refractivity contribution < 1.29 is 4.39 Å². The lowest BCUT2D eigenvalue weighted by Gasteiger charge is -2.05. The molecule has 0 aliphatic rings. The molecule has 25 heavy (non-hydrogen) atoms. The molecule has 0 saturated heterocycles. The summed E-state index contributed by atoms with van der Waals surface area (Å²) in [6, 6.07) is 14.4. The van der Waals surface area contributed by atoms with Gasteiger partial charge in [0, 0.05) is 29.9 Å². The van der Waals surface area contributed by atoms with E-state index in [4.69, 9.17) is 0 Å². The fraction of sp³-hybridized carbons (Fsp3) is 0.100. The molecule has 0 bridgehead atoms. The Morgan fingerprint density at radius 2 is 1.72 bits per heavy atom. The number of nitrogens with one attached hydrogen (secondary N) is 2. The zero-order chi connectivity index (χ0) is 17.2. The first-order valence-electron chi connectivity index (χ1n) is 8.19. The average Bonchev–Trinajstić information content (AvgIpc) is 3.02. The van der Waals surface area contributed by atoms with Crippen LogP contribution < -0.4 is 5.32 Å². The van der Waals surface area contributed by atoms with Gasteiger partial charge in [-0.1, -0.05) is 0 Å². The van der Waals surface area contributed by atoms with Crippen molar-refractivity contribution in [1.29, 1.82) is 0 Å². The van der Waals surface area contributed by atoms with E-state index < -0.39 is 0 Å². The molecule has 2 N–H and O–H groups in total. The van der Waals surface area contributed by atoms with Gasteiger partial charge in [-0.15, -0.1) is 0 Å². The standard InChI is InChI=1S/C20H17FN4/c1-2-23-17-8-7-16-18(13-9-11-22-12-10-13)19(25-20(16)24-17)14-3-5-15(21)6-4-14/h3-12H,2H2,1H3,(H2,23,24,25). The molecule has 0 fully saturated rings. The van der Waals surface area contributed by atoms with Crippen LogP contribution in [0.5, 0.6) is 0 Å². The van der Waals surface area contributed by atoms with Gasteiger partial charge in [-0.05, 0) is 66.6 Å². The van der Waals surface area contributed by atoms with Crippen LogP contribution in [0.1, 0.15) is 6.92 Å². The number of aromatic amines is 1. The van der Waals surface area contributed by atoms with Crippen LogP contribution in [0.15, 0.2) is 60.9 Å². The quantitative estimate of drug-likeness (QED) is 0.561. The maximum Gasteiger partial charge on any atom is 0.140 e. The molecule has 5 heteroatoms. The van der Waals surface area contributed by atoms with Crippen molar-refractivity contribution in [2.75, 3.05) is 11.9 Å². The molecule has 3 aromatic heterocycles. The number of hydrogen-bond donors (Lipinski definition) is 2. The number of rotatable bonds is 4. The van der Waals surface area contributed by atoms with Gasteiger partial charge in [0.25, 0.3) is 0 Å².